The molecule has 0 aliphatic carbocycles. The summed E-state index contributed by atoms with van der Waals surface area (Å²) in [6, 6.07) is 14.4. The number of benzene rings is 2. The lowest BCUT2D eigenvalue weighted by molar-refractivity contribution is -0.113. The lowest BCUT2D eigenvalue weighted by Crippen LogP contribution is -2.14. The van der Waals surface area contributed by atoms with Gasteiger partial charge in [0.1, 0.15) is 11.4 Å². The number of thioether (sulfide) groups is 1. The normalized spacial score (nSPS) is 10.5. The molecule has 0 fully saturated rings. The van der Waals surface area contributed by atoms with Gasteiger partial charge in [-0.15, -0.1) is 5.10 Å². The molecule has 0 spiro atoms. The van der Waals surface area contributed by atoms with Gasteiger partial charge in [-0.3, -0.25) is 4.79 Å². The van der Waals surface area contributed by atoms with E-state index in [9.17, 15) is 4.79 Å². The fourth-order valence-electron chi connectivity index (χ4n) is 2.22. The average molecular weight is 390 g/mol. The topological polar surface area (TPSA) is 81.9 Å². The van der Waals surface area contributed by atoms with E-state index in [2.05, 4.69) is 20.8 Å². The average Bonchev–Trinajstić information content (AvgIpc) is 3.09. The van der Waals surface area contributed by atoms with Gasteiger partial charge in [-0.2, -0.15) is 4.68 Å². The first-order valence-electron chi connectivity index (χ1n) is 7.86. The molecule has 0 atom stereocenters. The van der Waals surface area contributed by atoms with E-state index in [0.29, 0.717) is 28.2 Å². The van der Waals surface area contributed by atoms with Gasteiger partial charge in [-0.1, -0.05) is 41.6 Å². The predicted molar refractivity (Wildman–Crippen MR) is 101 cm³/mol. The second-order valence-electron chi connectivity index (χ2n) is 5.12. The van der Waals surface area contributed by atoms with Gasteiger partial charge in [0.2, 0.25) is 11.1 Å². The van der Waals surface area contributed by atoms with Crippen LogP contribution in [0.25, 0.3) is 5.69 Å². The smallest absolute Gasteiger partial charge is 0.234 e. The van der Waals surface area contributed by atoms with Crippen molar-refractivity contribution in [2.75, 3.05) is 17.7 Å². The summed E-state index contributed by atoms with van der Waals surface area (Å²) in [4.78, 5) is 12.2. The van der Waals surface area contributed by atoms with Crippen LogP contribution in [0.4, 0.5) is 5.69 Å². The van der Waals surface area contributed by atoms with Crippen molar-refractivity contribution in [3.63, 3.8) is 0 Å². The number of carbonyl (C=O) groups excluding carboxylic acids is 1. The number of para-hydroxylation sites is 2. The van der Waals surface area contributed by atoms with E-state index in [1.165, 1.54) is 11.8 Å². The number of hydrogen-bond acceptors (Lipinski definition) is 6. The highest BCUT2D eigenvalue weighted by Crippen LogP contribution is 2.26. The molecule has 1 aromatic heterocycles. The number of hydrogen-bond donors (Lipinski definition) is 1. The molecule has 1 N–H and O–H groups in total. The van der Waals surface area contributed by atoms with Crippen molar-refractivity contribution >= 4 is 35.0 Å². The maximum absolute atomic E-state index is 12.2. The van der Waals surface area contributed by atoms with Crippen LogP contribution in [0, 0.1) is 0 Å². The predicted octanol–water partition coefficient (Wildman–Crippen LogP) is 3.45. The van der Waals surface area contributed by atoms with Gasteiger partial charge in [0.25, 0.3) is 0 Å². The first-order chi connectivity index (χ1) is 12.7. The summed E-state index contributed by atoms with van der Waals surface area (Å²) >= 11 is 7.15. The van der Waals surface area contributed by atoms with Crippen LogP contribution in [0.15, 0.2) is 53.7 Å². The highest BCUT2D eigenvalue weighted by molar-refractivity contribution is 7.99. The van der Waals surface area contributed by atoms with E-state index >= 15 is 0 Å². The summed E-state index contributed by atoms with van der Waals surface area (Å²) in [5.74, 6) is 0.654. The Kier molecular flexibility index (Phi) is 6.08. The summed E-state index contributed by atoms with van der Waals surface area (Å²) in [5.41, 5.74) is 1.36. The van der Waals surface area contributed by atoms with E-state index < -0.39 is 0 Å². The van der Waals surface area contributed by atoms with Crippen molar-refractivity contribution < 1.29 is 9.53 Å². The second-order valence-corrected chi connectivity index (χ2v) is 6.50. The van der Waals surface area contributed by atoms with E-state index in [4.69, 9.17) is 16.3 Å². The van der Waals surface area contributed by atoms with E-state index in [0.717, 1.165) is 5.69 Å². The molecule has 7 nitrogen and oxygen atoms in total. The Balaban J connectivity index is 1.69. The van der Waals surface area contributed by atoms with Crippen LogP contribution in [0.3, 0.4) is 0 Å². The van der Waals surface area contributed by atoms with Crippen molar-refractivity contribution in [3.05, 3.63) is 53.6 Å². The largest absolute Gasteiger partial charge is 0.492 e. The standard InChI is InChI=1S/C17H16ClN5O2S/c1-2-25-15-9-4-3-8-14(15)23-17(20-21-22-23)26-11-16(24)19-13-7-5-6-12(18)10-13/h3-10H,2,11H2,1H3,(H,19,24). The van der Waals surface area contributed by atoms with Crippen molar-refractivity contribution in [1.29, 1.82) is 0 Å². The van der Waals surface area contributed by atoms with Gasteiger partial charge in [0.15, 0.2) is 0 Å². The number of nitrogens with one attached hydrogen (secondary N) is 1. The van der Waals surface area contributed by atoms with Gasteiger partial charge in [-0.05, 0) is 47.7 Å². The minimum atomic E-state index is -0.176. The Hall–Kier alpha value is -2.58. The first-order valence-corrected chi connectivity index (χ1v) is 9.22. The number of amides is 1. The molecule has 26 heavy (non-hydrogen) atoms. The first kappa shape index (κ1) is 18.2. The maximum Gasteiger partial charge on any atom is 0.234 e. The molecule has 0 aliphatic heterocycles. The van der Waals surface area contributed by atoms with Crippen molar-refractivity contribution in [1.82, 2.24) is 20.2 Å². The SMILES string of the molecule is CCOc1ccccc1-n1nnnc1SCC(=O)Nc1cccc(Cl)c1. The minimum Gasteiger partial charge on any atom is -0.492 e. The fourth-order valence-corrected chi connectivity index (χ4v) is 3.10. The van der Waals surface area contributed by atoms with Gasteiger partial charge >= 0.3 is 0 Å². The van der Waals surface area contributed by atoms with Crippen molar-refractivity contribution in [2.24, 2.45) is 0 Å². The Morgan fingerprint density at radius 1 is 1.27 bits per heavy atom. The summed E-state index contributed by atoms with van der Waals surface area (Å²) in [6.45, 7) is 2.44. The lowest BCUT2D eigenvalue weighted by atomic mass is 10.3. The molecule has 1 amide bonds. The third-order valence-electron chi connectivity index (χ3n) is 3.27. The number of ether oxygens (including phenoxy) is 1. The number of halogens is 1. The zero-order chi connectivity index (χ0) is 18.4. The number of carbonyl (C=O) groups is 1. The Morgan fingerprint density at radius 2 is 2.12 bits per heavy atom. The lowest BCUT2D eigenvalue weighted by Gasteiger charge is -2.10. The third kappa shape index (κ3) is 4.53. The molecule has 0 bridgehead atoms. The molecule has 0 saturated heterocycles. The quantitative estimate of drug-likeness (QED) is 0.623. The van der Waals surface area contributed by atoms with Crippen LogP contribution < -0.4 is 10.1 Å². The number of tetrazole rings is 1. The molecule has 3 rings (SSSR count). The maximum atomic E-state index is 12.2. The van der Waals surface area contributed by atoms with Crippen molar-refractivity contribution in [2.45, 2.75) is 12.1 Å². The minimum absolute atomic E-state index is 0.156. The Labute approximate surface area is 159 Å². The number of aromatic nitrogens is 4. The van der Waals surface area contributed by atoms with Gasteiger partial charge in [-0.25, -0.2) is 0 Å². The molecule has 3 aromatic rings. The molecule has 0 aliphatic rings. The summed E-state index contributed by atoms with van der Waals surface area (Å²) in [5, 5.41) is 15.6. The van der Waals surface area contributed by atoms with Gasteiger partial charge < -0.3 is 10.1 Å². The number of rotatable bonds is 7. The zero-order valence-electron chi connectivity index (χ0n) is 13.9. The molecule has 1 heterocycles. The molecule has 0 radical (unpaired) electrons. The monoisotopic (exact) mass is 389 g/mol. The Morgan fingerprint density at radius 3 is 2.92 bits per heavy atom. The van der Waals surface area contributed by atoms with E-state index in [-0.39, 0.29) is 11.7 Å². The van der Waals surface area contributed by atoms with Crippen molar-refractivity contribution in [3.8, 4) is 11.4 Å². The summed E-state index contributed by atoms with van der Waals surface area (Å²) < 4.78 is 7.17. The Bertz CT molecular complexity index is 902. The molecule has 2 aromatic carbocycles. The molecule has 134 valence electrons. The molecule has 9 heteroatoms. The summed E-state index contributed by atoms with van der Waals surface area (Å²) in [7, 11) is 0. The molecule has 0 saturated carbocycles. The summed E-state index contributed by atoms with van der Waals surface area (Å²) in [6.07, 6.45) is 0. The molecular weight excluding hydrogens is 374 g/mol. The molecular formula is C17H16ClN5O2S. The van der Waals surface area contributed by atoms with Crippen LogP contribution in [0.1, 0.15) is 6.92 Å². The van der Waals surface area contributed by atoms with Crippen LogP contribution in [-0.4, -0.2) is 38.5 Å². The van der Waals surface area contributed by atoms with Crippen LogP contribution in [0.5, 0.6) is 5.75 Å². The second kappa shape index (κ2) is 8.68. The van der Waals surface area contributed by atoms with Crippen LogP contribution >= 0.6 is 23.4 Å². The third-order valence-corrected chi connectivity index (χ3v) is 4.43. The van der Waals surface area contributed by atoms with E-state index in [1.54, 1.807) is 28.9 Å². The fraction of sp³-hybridized carbons (Fsp3) is 0.176. The van der Waals surface area contributed by atoms with Crippen LogP contribution in [-0.2, 0) is 4.79 Å². The number of nitrogens with zero attached hydrogens (tertiary/aromatic N) is 4. The number of anilines is 1. The van der Waals surface area contributed by atoms with Crippen LogP contribution in [0.2, 0.25) is 5.02 Å². The van der Waals surface area contributed by atoms with E-state index in [1.807, 2.05) is 31.2 Å². The highest BCUT2D eigenvalue weighted by Gasteiger charge is 2.15. The molecule has 0 unspecified atom stereocenters. The van der Waals surface area contributed by atoms with Gasteiger partial charge in [0, 0.05) is 10.7 Å². The highest BCUT2D eigenvalue weighted by atomic mass is 35.5. The van der Waals surface area contributed by atoms with Gasteiger partial charge in [0.05, 0.1) is 12.4 Å². The zero-order valence-corrected chi connectivity index (χ0v) is 15.5.